The number of benzene rings is 4. The van der Waals surface area contributed by atoms with E-state index < -0.39 is 66.2 Å². The van der Waals surface area contributed by atoms with Crippen molar-refractivity contribution in [2.24, 2.45) is 11.8 Å². The van der Waals surface area contributed by atoms with Crippen molar-refractivity contribution in [1.29, 1.82) is 0 Å². The molecule has 4 aromatic carbocycles. The monoisotopic (exact) mass is 1130 g/mol. The van der Waals surface area contributed by atoms with Gasteiger partial charge in [-0.25, -0.2) is 9.59 Å². The largest absolute Gasteiger partial charge is 0.497 e. The predicted molar refractivity (Wildman–Crippen MR) is 305 cm³/mol. The second-order valence-corrected chi connectivity index (χ2v) is 21.2. The highest BCUT2D eigenvalue weighted by Gasteiger charge is 2.45. The number of aliphatic hydroxyl groups excluding tert-OH is 1. The van der Waals surface area contributed by atoms with Gasteiger partial charge in [-0.05, 0) is 119 Å². The van der Waals surface area contributed by atoms with Crippen LogP contribution in [0, 0.1) is 11.8 Å². The van der Waals surface area contributed by atoms with Crippen LogP contribution < -0.4 is 28.4 Å². The van der Waals surface area contributed by atoms with E-state index in [2.05, 4.69) is 0 Å². The topological polar surface area (TPSA) is 201 Å². The summed E-state index contributed by atoms with van der Waals surface area (Å²) < 4.78 is 80.5. The van der Waals surface area contributed by atoms with Crippen molar-refractivity contribution in [3.05, 3.63) is 143 Å². The molecule has 0 radical (unpaired) electrons. The first-order chi connectivity index (χ1) is 39.2. The summed E-state index contributed by atoms with van der Waals surface area (Å²) in [5, 5.41) is 10.9. The van der Waals surface area contributed by atoms with Crippen molar-refractivity contribution in [2.75, 3.05) is 42.0 Å². The maximum atomic E-state index is 13.6. The van der Waals surface area contributed by atoms with E-state index in [4.69, 9.17) is 66.3 Å². The standard InChI is InChI=1S/C32H40O9.C32H38O9/c2*1-20-10-15-26(33)30-27(40-32(3,4)41-30)9-7-8-23-16-25(37-18-22-11-13-24(36-6)14-12-22)17-28(38-19-35-5)29(23)31(34)39-21(20)2/h7-8,10-17,20-21,26-27,30,33H,9,18-19H2,1-6H3;7-8,10-17,20-21,27,30H,9,18-19H2,1-6H3/b2*8-7+,15-10-/t20-,21+,26?,27+,30?;20-,21+,27+,30?/m11/s1. The fourth-order valence-corrected chi connectivity index (χ4v) is 9.30. The molecule has 2 saturated heterocycles. The van der Waals surface area contributed by atoms with Crippen LogP contribution in [0.2, 0.25) is 0 Å². The summed E-state index contributed by atoms with van der Waals surface area (Å²) in [5.74, 6) is -0.417. The van der Waals surface area contributed by atoms with Crippen LogP contribution >= 0.6 is 0 Å². The molecule has 1 N–H and O–H groups in total. The molecule has 0 amide bonds. The highest BCUT2D eigenvalue weighted by molar-refractivity contribution is 5.98. The van der Waals surface area contributed by atoms with Gasteiger partial charge in [0.1, 0.15) is 89.4 Å². The van der Waals surface area contributed by atoms with Crippen molar-refractivity contribution in [3.8, 4) is 34.5 Å². The Balaban J connectivity index is 0.000000236. The lowest BCUT2D eigenvalue weighted by Gasteiger charge is -2.23. The molecule has 442 valence electrons. The van der Waals surface area contributed by atoms with Gasteiger partial charge in [0.2, 0.25) is 0 Å². The van der Waals surface area contributed by atoms with E-state index in [9.17, 15) is 19.5 Å². The van der Waals surface area contributed by atoms with Gasteiger partial charge in [0.05, 0.1) is 26.4 Å². The molecule has 18 nitrogen and oxygen atoms in total. The fourth-order valence-electron chi connectivity index (χ4n) is 9.30. The number of esters is 2. The lowest BCUT2D eigenvalue weighted by Crippen LogP contribution is -2.34. The lowest BCUT2D eigenvalue weighted by molar-refractivity contribution is -0.152. The van der Waals surface area contributed by atoms with Gasteiger partial charge in [-0.2, -0.15) is 0 Å². The predicted octanol–water partition coefficient (Wildman–Crippen LogP) is 10.8. The number of rotatable bonds is 14. The third-order valence-corrected chi connectivity index (χ3v) is 14.0. The van der Waals surface area contributed by atoms with E-state index in [1.807, 2.05) is 107 Å². The Kier molecular flexibility index (Phi) is 22.0. The number of fused-ring (bicyclic) bond motifs is 4. The Bertz CT molecular complexity index is 2910. The van der Waals surface area contributed by atoms with Crippen molar-refractivity contribution < 1.29 is 85.8 Å². The molecule has 0 saturated carbocycles. The lowest BCUT2D eigenvalue weighted by atomic mass is 9.99. The Morgan fingerprint density at radius 3 is 1.45 bits per heavy atom. The van der Waals surface area contributed by atoms with E-state index >= 15 is 0 Å². The summed E-state index contributed by atoms with van der Waals surface area (Å²) in [6, 6.07) is 22.0. The minimum absolute atomic E-state index is 0.0675. The number of carbonyl (C=O) groups is 3. The molecule has 4 aliphatic rings. The first-order valence-corrected chi connectivity index (χ1v) is 27.4. The van der Waals surface area contributed by atoms with Gasteiger partial charge in [0.15, 0.2) is 30.9 Å². The summed E-state index contributed by atoms with van der Waals surface area (Å²) in [5.41, 5.74) is 3.47. The molecule has 4 heterocycles. The molecule has 0 aliphatic carbocycles. The Morgan fingerprint density at radius 2 is 0.976 bits per heavy atom. The Morgan fingerprint density at radius 1 is 0.524 bits per heavy atom. The first-order valence-electron chi connectivity index (χ1n) is 27.4. The first kappa shape index (κ1) is 62.6. The summed E-state index contributed by atoms with van der Waals surface area (Å²) >= 11 is 0. The van der Waals surface area contributed by atoms with Gasteiger partial charge >= 0.3 is 11.9 Å². The van der Waals surface area contributed by atoms with Crippen molar-refractivity contribution in [1.82, 2.24) is 0 Å². The molecule has 9 atom stereocenters. The number of hydrogen-bond donors (Lipinski definition) is 1. The highest BCUT2D eigenvalue weighted by Crippen LogP contribution is 2.38. The number of carbonyl (C=O) groups excluding carboxylic acids is 3. The SMILES string of the molecule is COCOc1cc(OCc2ccc(OC)cc2)cc2c1C(=O)O[C@@H](C)[C@H](C)/C=C\C(=O)C1OC(C)(C)O[C@H]1C/C=C/2.COCOc1cc(OCc2ccc(OC)cc2)cc2c1C(=O)O[C@@H](C)[C@H](C)/C=C\C(O)C1OC(C)(C)O[C@H]1C/C=C/2. The molecule has 0 spiro atoms. The third-order valence-electron chi connectivity index (χ3n) is 14.0. The van der Waals surface area contributed by atoms with Gasteiger partial charge in [-0.15, -0.1) is 0 Å². The molecule has 2 fully saturated rings. The van der Waals surface area contributed by atoms with Crippen LogP contribution in [0.4, 0.5) is 0 Å². The number of hydrogen-bond acceptors (Lipinski definition) is 18. The van der Waals surface area contributed by atoms with Crippen LogP contribution in [0.1, 0.15) is 111 Å². The second kappa shape index (κ2) is 28.8. The van der Waals surface area contributed by atoms with Crippen LogP contribution in [0.3, 0.4) is 0 Å². The van der Waals surface area contributed by atoms with Crippen LogP contribution in [-0.4, -0.2) is 119 Å². The van der Waals surface area contributed by atoms with Crippen molar-refractivity contribution >= 4 is 29.9 Å². The number of cyclic esters (lactones) is 2. The van der Waals surface area contributed by atoms with Gasteiger partial charge in [0.25, 0.3) is 0 Å². The van der Waals surface area contributed by atoms with E-state index in [0.717, 1.165) is 22.6 Å². The molecule has 18 heteroatoms. The smallest absolute Gasteiger partial charge is 0.342 e. The molecule has 3 unspecified atom stereocenters. The normalized spacial score (nSPS) is 26.6. The zero-order valence-electron chi connectivity index (χ0n) is 48.9. The van der Waals surface area contributed by atoms with Crippen LogP contribution in [0.5, 0.6) is 34.5 Å². The Labute approximate surface area is 480 Å². The summed E-state index contributed by atoms with van der Waals surface area (Å²) in [4.78, 5) is 40.1. The van der Waals surface area contributed by atoms with Crippen LogP contribution in [0.25, 0.3) is 12.2 Å². The van der Waals surface area contributed by atoms with Crippen LogP contribution in [0.15, 0.2) is 109 Å². The molecular weight excluding hydrogens is 1060 g/mol. The minimum Gasteiger partial charge on any atom is -0.497 e. The minimum atomic E-state index is -0.903. The van der Waals surface area contributed by atoms with Gasteiger partial charge in [-0.3, -0.25) is 4.79 Å². The summed E-state index contributed by atoms with van der Waals surface area (Å²) in [7, 11) is 6.24. The molecule has 4 aromatic rings. The Hall–Kier alpha value is -7.03. The van der Waals surface area contributed by atoms with Gasteiger partial charge in [-0.1, -0.05) is 80.6 Å². The average molecular weight is 1140 g/mol. The molecular formula is C64H78O18. The third kappa shape index (κ3) is 17.0. The van der Waals surface area contributed by atoms with Crippen LogP contribution in [-0.2, 0) is 55.9 Å². The molecule has 8 rings (SSSR count). The fraction of sp³-hybridized carbons (Fsp3) is 0.453. The molecule has 0 bridgehead atoms. The number of aliphatic hydroxyl groups is 1. The maximum absolute atomic E-state index is 13.6. The van der Waals surface area contributed by atoms with E-state index in [1.165, 1.54) is 20.3 Å². The zero-order valence-corrected chi connectivity index (χ0v) is 48.9. The van der Waals surface area contributed by atoms with E-state index in [1.54, 1.807) is 77.5 Å². The summed E-state index contributed by atoms with van der Waals surface area (Å²) in [6.07, 6.45) is 10.8. The molecule has 4 aliphatic heterocycles. The van der Waals surface area contributed by atoms with E-state index in [0.29, 0.717) is 42.1 Å². The number of ketones is 1. The zero-order chi connectivity index (χ0) is 59.1. The van der Waals surface area contributed by atoms with Gasteiger partial charge in [0, 0.05) is 38.2 Å². The highest BCUT2D eigenvalue weighted by atomic mass is 16.8. The quantitative estimate of drug-likeness (QED) is 0.0709. The van der Waals surface area contributed by atoms with Gasteiger partial charge < -0.3 is 71.4 Å². The summed E-state index contributed by atoms with van der Waals surface area (Å²) in [6.45, 7) is 15.0. The number of ether oxygens (including phenoxy) is 14. The van der Waals surface area contributed by atoms with Crippen molar-refractivity contribution in [3.63, 3.8) is 0 Å². The van der Waals surface area contributed by atoms with Crippen molar-refractivity contribution in [2.45, 2.75) is 136 Å². The number of methoxy groups -OCH3 is 4. The van der Waals surface area contributed by atoms with E-state index in [-0.39, 0.29) is 60.4 Å². The maximum Gasteiger partial charge on any atom is 0.342 e. The molecule has 82 heavy (non-hydrogen) atoms. The average Bonchev–Trinajstić information content (AvgIpc) is 3.96. The second-order valence-electron chi connectivity index (χ2n) is 21.2. The molecule has 0 aromatic heterocycles.